The maximum absolute atomic E-state index is 13.1. The van der Waals surface area contributed by atoms with Crippen LogP contribution >= 0.6 is 15.9 Å². The van der Waals surface area contributed by atoms with Crippen LogP contribution in [0, 0.1) is 10.1 Å². The molecule has 1 saturated heterocycles. The molecule has 0 aliphatic carbocycles. The molecular formula is C21H22BrN3O5. The second-order valence-corrected chi connectivity index (χ2v) is 8.31. The maximum Gasteiger partial charge on any atom is 0.256 e. The summed E-state index contributed by atoms with van der Waals surface area (Å²) in [5.74, 6) is 0.0398. The fourth-order valence-electron chi connectivity index (χ4n) is 4.76. The van der Waals surface area contributed by atoms with Crippen LogP contribution in [0.25, 0.3) is 0 Å². The van der Waals surface area contributed by atoms with Crippen LogP contribution in [0.5, 0.6) is 11.5 Å². The van der Waals surface area contributed by atoms with Gasteiger partial charge in [0.25, 0.3) is 11.9 Å². The molecule has 4 rings (SSSR count). The zero-order valence-electron chi connectivity index (χ0n) is 16.8. The number of nitrogens with zero attached hydrogens (tertiary/aromatic N) is 1. The molecule has 2 aliphatic rings. The van der Waals surface area contributed by atoms with E-state index in [9.17, 15) is 14.9 Å². The fourth-order valence-corrected chi connectivity index (χ4v) is 5.34. The first-order valence-electron chi connectivity index (χ1n) is 9.67. The number of fused-ring (bicyclic) bond motifs is 2. The van der Waals surface area contributed by atoms with Gasteiger partial charge in [0.15, 0.2) is 17.0 Å². The summed E-state index contributed by atoms with van der Waals surface area (Å²) in [4.78, 5) is 25.2. The van der Waals surface area contributed by atoms with E-state index in [0.29, 0.717) is 39.4 Å². The third-order valence-electron chi connectivity index (χ3n) is 5.91. The lowest BCUT2D eigenvalue weighted by Crippen LogP contribution is -2.54. The van der Waals surface area contributed by atoms with E-state index in [1.54, 1.807) is 43.5 Å². The molecule has 8 nitrogen and oxygen atoms in total. The number of halogens is 1. The van der Waals surface area contributed by atoms with Gasteiger partial charge in [-0.15, -0.1) is 0 Å². The van der Waals surface area contributed by atoms with E-state index < -0.39 is 23.4 Å². The van der Waals surface area contributed by atoms with E-state index in [1.165, 1.54) is 0 Å². The molecule has 2 aromatic carbocycles. The zero-order chi connectivity index (χ0) is 21.6. The first-order chi connectivity index (χ1) is 14.3. The number of methoxy groups -OCH3 is 1. The predicted octanol–water partition coefficient (Wildman–Crippen LogP) is 3.42. The number of para-hydroxylation sites is 1. The van der Waals surface area contributed by atoms with Crippen molar-refractivity contribution in [1.29, 1.82) is 0 Å². The van der Waals surface area contributed by atoms with Crippen molar-refractivity contribution in [3.63, 3.8) is 0 Å². The molecule has 9 heteroatoms. The smallest absolute Gasteiger partial charge is 0.256 e. The number of carbonyl (C=O) groups excluding carboxylic acids is 1. The first-order valence-corrected chi connectivity index (χ1v) is 10.5. The standard InChI is InChI=1S/C21H22BrN3O5/c1-4-30-17-9-12(14(22)10-16(17)29-3)18-11(2)24-21(19(18)25(27)28)13-7-5-6-8-15(13)23-20(21)26/h5-11,18-19,24H,4H2,1-3H3,(H,23,26)/t11-,18-,19+,21-/m0/s1. The van der Waals surface area contributed by atoms with Gasteiger partial charge in [0.2, 0.25) is 0 Å². The predicted molar refractivity (Wildman–Crippen MR) is 115 cm³/mol. The Kier molecular flexibility index (Phi) is 5.19. The van der Waals surface area contributed by atoms with Crippen molar-refractivity contribution in [2.45, 2.75) is 37.4 Å². The third kappa shape index (κ3) is 2.87. The Morgan fingerprint density at radius 3 is 2.67 bits per heavy atom. The highest BCUT2D eigenvalue weighted by Gasteiger charge is 2.67. The van der Waals surface area contributed by atoms with Crippen LogP contribution in [-0.4, -0.2) is 36.6 Å². The average Bonchev–Trinajstić information content (AvgIpc) is 3.17. The number of benzene rings is 2. The lowest BCUT2D eigenvalue weighted by atomic mass is 9.78. The van der Waals surface area contributed by atoms with Gasteiger partial charge in [0.1, 0.15) is 0 Å². The second-order valence-electron chi connectivity index (χ2n) is 7.45. The van der Waals surface area contributed by atoms with Crippen LogP contribution in [-0.2, 0) is 10.3 Å². The summed E-state index contributed by atoms with van der Waals surface area (Å²) in [6, 6.07) is 9.06. The van der Waals surface area contributed by atoms with E-state index in [4.69, 9.17) is 9.47 Å². The number of nitro groups is 1. The molecule has 2 N–H and O–H groups in total. The van der Waals surface area contributed by atoms with E-state index in [0.717, 1.165) is 0 Å². The Morgan fingerprint density at radius 1 is 1.27 bits per heavy atom. The van der Waals surface area contributed by atoms with Gasteiger partial charge in [-0.1, -0.05) is 34.1 Å². The molecule has 0 radical (unpaired) electrons. The maximum atomic E-state index is 13.1. The SMILES string of the molecule is CCOc1cc([C@@H]2[C@H](C)N[C@]3(C(=O)Nc4ccccc43)[C@@H]2[N+](=O)[O-])c(Br)cc1OC. The first kappa shape index (κ1) is 20.6. The van der Waals surface area contributed by atoms with E-state index >= 15 is 0 Å². The summed E-state index contributed by atoms with van der Waals surface area (Å²) < 4.78 is 11.7. The number of ether oxygens (including phenoxy) is 2. The third-order valence-corrected chi connectivity index (χ3v) is 6.59. The lowest BCUT2D eigenvalue weighted by Gasteiger charge is -2.26. The van der Waals surface area contributed by atoms with Crippen LogP contribution in [0.4, 0.5) is 5.69 Å². The summed E-state index contributed by atoms with van der Waals surface area (Å²) in [5, 5.41) is 18.5. The van der Waals surface area contributed by atoms with Gasteiger partial charge >= 0.3 is 0 Å². The summed E-state index contributed by atoms with van der Waals surface area (Å²) >= 11 is 3.54. The van der Waals surface area contributed by atoms with Crippen molar-refractivity contribution in [2.75, 3.05) is 19.0 Å². The minimum Gasteiger partial charge on any atom is -0.493 e. The van der Waals surface area contributed by atoms with Gasteiger partial charge in [0, 0.05) is 26.7 Å². The number of carbonyl (C=O) groups is 1. The topological polar surface area (TPSA) is 103 Å². The van der Waals surface area contributed by atoms with Crippen LogP contribution in [0.3, 0.4) is 0 Å². The Labute approximate surface area is 182 Å². The molecule has 2 aromatic rings. The van der Waals surface area contributed by atoms with Gasteiger partial charge in [-0.3, -0.25) is 20.2 Å². The second kappa shape index (κ2) is 7.55. The Bertz CT molecular complexity index is 1030. The van der Waals surface area contributed by atoms with E-state index in [1.807, 2.05) is 13.8 Å². The largest absolute Gasteiger partial charge is 0.493 e. The number of nitrogens with one attached hydrogen (secondary N) is 2. The minimum atomic E-state index is -1.45. The molecule has 2 heterocycles. The number of hydrogen-bond donors (Lipinski definition) is 2. The van der Waals surface area contributed by atoms with Gasteiger partial charge in [-0.25, -0.2) is 0 Å². The highest BCUT2D eigenvalue weighted by Crippen LogP contribution is 2.51. The highest BCUT2D eigenvalue weighted by atomic mass is 79.9. The van der Waals surface area contributed by atoms with Crippen molar-refractivity contribution < 1.29 is 19.2 Å². The van der Waals surface area contributed by atoms with Gasteiger partial charge in [-0.05, 0) is 37.6 Å². The number of anilines is 1. The molecule has 158 valence electrons. The van der Waals surface area contributed by atoms with Crippen molar-refractivity contribution in [3.8, 4) is 11.5 Å². The summed E-state index contributed by atoms with van der Waals surface area (Å²) in [6.07, 6.45) is 0. The Balaban J connectivity index is 1.90. The highest BCUT2D eigenvalue weighted by molar-refractivity contribution is 9.10. The summed E-state index contributed by atoms with van der Waals surface area (Å²) in [7, 11) is 1.54. The van der Waals surface area contributed by atoms with Crippen molar-refractivity contribution in [1.82, 2.24) is 5.32 Å². The quantitative estimate of drug-likeness (QED) is 0.507. The van der Waals surface area contributed by atoms with Crippen LogP contribution in [0.2, 0.25) is 0 Å². The van der Waals surface area contributed by atoms with Crippen molar-refractivity contribution in [3.05, 3.63) is 62.1 Å². The molecule has 0 saturated carbocycles. The van der Waals surface area contributed by atoms with Crippen LogP contribution < -0.4 is 20.1 Å². The molecule has 0 unspecified atom stereocenters. The molecule has 4 atom stereocenters. The summed E-state index contributed by atoms with van der Waals surface area (Å²) in [5.41, 5.74) is 0.434. The molecule has 1 fully saturated rings. The number of amides is 1. The van der Waals surface area contributed by atoms with E-state index in [-0.39, 0.29) is 11.0 Å². The van der Waals surface area contributed by atoms with Gasteiger partial charge in [-0.2, -0.15) is 0 Å². The lowest BCUT2D eigenvalue weighted by molar-refractivity contribution is -0.532. The van der Waals surface area contributed by atoms with Crippen molar-refractivity contribution >= 4 is 27.5 Å². The van der Waals surface area contributed by atoms with Crippen LogP contribution in [0.1, 0.15) is 30.9 Å². The van der Waals surface area contributed by atoms with Gasteiger partial charge < -0.3 is 14.8 Å². The number of hydrogen-bond acceptors (Lipinski definition) is 6. The molecule has 0 aromatic heterocycles. The molecule has 1 amide bonds. The molecule has 2 aliphatic heterocycles. The minimum absolute atomic E-state index is 0.347. The average molecular weight is 476 g/mol. The number of rotatable bonds is 5. The summed E-state index contributed by atoms with van der Waals surface area (Å²) in [6.45, 7) is 4.14. The zero-order valence-corrected chi connectivity index (χ0v) is 18.4. The van der Waals surface area contributed by atoms with E-state index in [2.05, 4.69) is 26.6 Å². The molecule has 1 spiro atoms. The van der Waals surface area contributed by atoms with Gasteiger partial charge in [0.05, 0.1) is 19.6 Å². The molecule has 30 heavy (non-hydrogen) atoms. The Hall–Kier alpha value is -2.65. The fraction of sp³-hybridized carbons (Fsp3) is 0.381. The molecule has 0 bridgehead atoms. The Morgan fingerprint density at radius 2 is 2.00 bits per heavy atom. The molecular weight excluding hydrogens is 454 g/mol. The van der Waals surface area contributed by atoms with Crippen LogP contribution in [0.15, 0.2) is 40.9 Å². The monoisotopic (exact) mass is 475 g/mol. The van der Waals surface area contributed by atoms with Crippen molar-refractivity contribution in [2.24, 2.45) is 0 Å². The normalized spacial score (nSPS) is 27.1.